The Hall–Kier alpha value is -2.24. The lowest BCUT2D eigenvalue weighted by Gasteiger charge is -2.41. The molecule has 0 bridgehead atoms. The number of hydrogen-bond donors (Lipinski definition) is 1. The average Bonchev–Trinajstić information content (AvgIpc) is 2.45. The number of para-hydroxylation sites is 1. The summed E-state index contributed by atoms with van der Waals surface area (Å²) in [6.07, 6.45) is -0.323. The van der Waals surface area contributed by atoms with Crippen LogP contribution in [-0.4, -0.2) is 53.3 Å². The summed E-state index contributed by atoms with van der Waals surface area (Å²) in [6.45, 7) is 9.12. The number of benzene rings is 1. The topological polar surface area (TPSA) is 70.1 Å². The van der Waals surface area contributed by atoms with Gasteiger partial charge in [0.15, 0.2) is 0 Å². The van der Waals surface area contributed by atoms with Gasteiger partial charge in [0.25, 0.3) is 0 Å². The third kappa shape index (κ3) is 4.15. The Balaban J connectivity index is 2.10. The molecule has 1 atom stereocenters. The van der Waals surface area contributed by atoms with Crippen LogP contribution in [-0.2, 0) is 4.74 Å². The summed E-state index contributed by atoms with van der Waals surface area (Å²) in [7, 11) is 0. The predicted octanol–water partition coefficient (Wildman–Crippen LogP) is 2.83. The highest BCUT2D eigenvalue weighted by Gasteiger charge is 2.31. The molecule has 126 valence electrons. The lowest BCUT2D eigenvalue weighted by atomic mass is 10.1. The van der Waals surface area contributed by atoms with Crippen molar-refractivity contribution in [1.82, 2.24) is 4.90 Å². The van der Waals surface area contributed by atoms with Crippen LogP contribution in [0.15, 0.2) is 24.3 Å². The van der Waals surface area contributed by atoms with E-state index in [4.69, 9.17) is 4.74 Å². The van der Waals surface area contributed by atoms with Gasteiger partial charge in [-0.2, -0.15) is 0 Å². The molecule has 0 radical (unpaired) electrons. The summed E-state index contributed by atoms with van der Waals surface area (Å²) in [4.78, 5) is 27.3. The minimum absolute atomic E-state index is 0.0551. The van der Waals surface area contributed by atoms with Crippen LogP contribution >= 0.6 is 0 Å². The number of aromatic carboxylic acids is 1. The highest BCUT2D eigenvalue weighted by molar-refractivity contribution is 5.94. The molecule has 1 aliphatic heterocycles. The molecule has 1 N–H and O–H groups in total. The van der Waals surface area contributed by atoms with E-state index in [-0.39, 0.29) is 17.7 Å². The second kappa shape index (κ2) is 6.48. The minimum Gasteiger partial charge on any atom is -0.478 e. The highest BCUT2D eigenvalue weighted by Crippen LogP contribution is 2.24. The number of hydrogen-bond acceptors (Lipinski definition) is 4. The van der Waals surface area contributed by atoms with Crippen molar-refractivity contribution in [2.45, 2.75) is 39.3 Å². The Bertz CT molecular complexity index is 595. The number of carbonyl (C=O) groups excluding carboxylic acids is 1. The van der Waals surface area contributed by atoms with E-state index in [2.05, 4.69) is 0 Å². The molecule has 0 saturated carbocycles. The number of ether oxygens (including phenoxy) is 1. The van der Waals surface area contributed by atoms with E-state index < -0.39 is 11.6 Å². The van der Waals surface area contributed by atoms with E-state index in [0.29, 0.717) is 25.3 Å². The molecule has 0 spiro atoms. The lowest BCUT2D eigenvalue weighted by molar-refractivity contribution is 0.0158. The van der Waals surface area contributed by atoms with Gasteiger partial charge in [-0.25, -0.2) is 9.59 Å². The molecule has 1 heterocycles. The number of carbonyl (C=O) groups is 2. The maximum Gasteiger partial charge on any atom is 0.410 e. The van der Waals surface area contributed by atoms with E-state index >= 15 is 0 Å². The quantitative estimate of drug-likeness (QED) is 0.907. The van der Waals surface area contributed by atoms with Gasteiger partial charge in [0, 0.05) is 25.7 Å². The number of rotatable bonds is 2. The molecule has 1 amide bonds. The van der Waals surface area contributed by atoms with Gasteiger partial charge in [0.05, 0.1) is 11.3 Å². The van der Waals surface area contributed by atoms with Crippen molar-refractivity contribution in [1.29, 1.82) is 0 Å². The van der Waals surface area contributed by atoms with Crippen molar-refractivity contribution in [3.05, 3.63) is 29.8 Å². The molecule has 6 heteroatoms. The monoisotopic (exact) mass is 320 g/mol. The zero-order valence-electron chi connectivity index (χ0n) is 14.1. The van der Waals surface area contributed by atoms with E-state index in [9.17, 15) is 14.7 Å². The lowest BCUT2D eigenvalue weighted by Crippen LogP contribution is -2.55. The van der Waals surface area contributed by atoms with Crippen molar-refractivity contribution in [2.75, 3.05) is 24.5 Å². The van der Waals surface area contributed by atoms with Crippen molar-refractivity contribution in [3.8, 4) is 0 Å². The molecule has 1 aliphatic rings. The third-order valence-electron chi connectivity index (χ3n) is 3.73. The molecular weight excluding hydrogens is 296 g/mol. The van der Waals surface area contributed by atoms with Crippen molar-refractivity contribution >= 4 is 17.7 Å². The van der Waals surface area contributed by atoms with Crippen LogP contribution in [0, 0.1) is 0 Å². The van der Waals surface area contributed by atoms with Gasteiger partial charge in [-0.3, -0.25) is 0 Å². The minimum atomic E-state index is -0.942. The number of amides is 1. The van der Waals surface area contributed by atoms with Crippen molar-refractivity contribution < 1.29 is 19.4 Å². The van der Waals surface area contributed by atoms with Crippen molar-refractivity contribution in [2.24, 2.45) is 0 Å². The first-order valence-electron chi connectivity index (χ1n) is 7.76. The maximum absolute atomic E-state index is 12.2. The Morgan fingerprint density at radius 3 is 2.43 bits per heavy atom. The highest BCUT2D eigenvalue weighted by atomic mass is 16.6. The molecule has 0 aromatic heterocycles. The van der Waals surface area contributed by atoms with Crippen molar-refractivity contribution in [3.63, 3.8) is 0 Å². The first-order chi connectivity index (χ1) is 10.7. The number of anilines is 1. The predicted molar refractivity (Wildman–Crippen MR) is 88.0 cm³/mol. The first kappa shape index (κ1) is 17.1. The average molecular weight is 320 g/mol. The standard InChI is InChI=1S/C17H24N2O4/c1-12-11-18(14-8-6-5-7-13(14)15(20)21)9-10-19(12)16(22)23-17(2,3)4/h5-8,12H,9-11H2,1-4H3,(H,20,21)/t12-/m1/s1. The summed E-state index contributed by atoms with van der Waals surface area (Å²) >= 11 is 0. The van der Waals surface area contributed by atoms with Gasteiger partial charge in [-0.05, 0) is 39.8 Å². The molecule has 6 nitrogen and oxygen atoms in total. The van der Waals surface area contributed by atoms with E-state index in [1.807, 2.05) is 38.7 Å². The van der Waals surface area contributed by atoms with E-state index in [1.54, 1.807) is 23.1 Å². The SMILES string of the molecule is C[C@@H]1CN(c2ccccc2C(=O)O)CCN1C(=O)OC(C)(C)C. The van der Waals surface area contributed by atoms with Crippen LogP contribution in [0.1, 0.15) is 38.1 Å². The zero-order valence-corrected chi connectivity index (χ0v) is 14.1. The Morgan fingerprint density at radius 1 is 1.22 bits per heavy atom. The molecule has 0 aliphatic carbocycles. The molecule has 1 fully saturated rings. The summed E-state index contributed by atoms with van der Waals surface area (Å²) < 4.78 is 5.42. The summed E-state index contributed by atoms with van der Waals surface area (Å²) in [6, 6.07) is 6.89. The number of carboxylic acids is 1. The van der Waals surface area contributed by atoms with E-state index in [1.165, 1.54) is 0 Å². The van der Waals surface area contributed by atoms with Crippen LogP contribution in [0.5, 0.6) is 0 Å². The zero-order chi connectivity index (χ0) is 17.2. The van der Waals surface area contributed by atoms with Crippen LogP contribution in [0.25, 0.3) is 0 Å². The number of piperazine rings is 1. The Labute approximate surface area is 136 Å². The fourth-order valence-corrected chi connectivity index (χ4v) is 2.70. The molecule has 1 aromatic carbocycles. The third-order valence-corrected chi connectivity index (χ3v) is 3.73. The number of carboxylic acid groups (broad SMARTS) is 1. The van der Waals surface area contributed by atoms with Crippen LogP contribution in [0.3, 0.4) is 0 Å². The second-order valence-electron chi connectivity index (χ2n) is 6.79. The van der Waals surface area contributed by atoms with Gasteiger partial charge < -0.3 is 19.6 Å². The van der Waals surface area contributed by atoms with Gasteiger partial charge >= 0.3 is 12.1 Å². The van der Waals surface area contributed by atoms with Gasteiger partial charge in [-0.1, -0.05) is 12.1 Å². The molecule has 1 aromatic rings. The summed E-state index contributed by atoms with van der Waals surface area (Å²) in [5.41, 5.74) is 0.449. The second-order valence-corrected chi connectivity index (χ2v) is 6.79. The molecule has 0 unspecified atom stereocenters. The summed E-state index contributed by atoms with van der Waals surface area (Å²) in [5, 5.41) is 9.32. The first-order valence-corrected chi connectivity index (χ1v) is 7.76. The van der Waals surface area contributed by atoms with E-state index in [0.717, 1.165) is 0 Å². The van der Waals surface area contributed by atoms with Crippen LogP contribution < -0.4 is 4.90 Å². The van der Waals surface area contributed by atoms with Gasteiger partial charge in [0.2, 0.25) is 0 Å². The van der Waals surface area contributed by atoms with Crippen LogP contribution in [0.4, 0.5) is 10.5 Å². The molecular formula is C17H24N2O4. The fraction of sp³-hybridized carbons (Fsp3) is 0.529. The fourth-order valence-electron chi connectivity index (χ4n) is 2.70. The van der Waals surface area contributed by atoms with Gasteiger partial charge in [0.1, 0.15) is 5.60 Å². The Morgan fingerprint density at radius 2 is 1.87 bits per heavy atom. The number of nitrogens with zero attached hydrogens (tertiary/aromatic N) is 2. The smallest absolute Gasteiger partial charge is 0.410 e. The summed E-state index contributed by atoms with van der Waals surface area (Å²) in [5.74, 6) is -0.942. The van der Waals surface area contributed by atoms with Gasteiger partial charge in [-0.15, -0.1) is 0 Å². The maximum atomic E-state index is 12.2. The molecule has 2 rings (SSSR count). The largest absolute Gasteiger partial charge is 0.478 e. The Kier molecular flexibility index (Phi) is 4.82. The normalized spacial score (nSPS) is 18.7. The molecule has 23 heavy (non-hydrogen) atoms. The molecule has 1 saturated heterocycles. The van der Waals surface area contributed by atoms with Crippen LogP contribution in [0.2, 0.25) is 0 Å².